The number of aldehydes is 1. The van der Waals surface area contributed by atoms with Crippen molar-refractivity contribution in [2.24, 2.45) is 0 Å². The van der Waals surface area contributed by atoms with E-state index < -0.39 is 5.97 Å². The number of esters is 1. The number of hydrogen-bond donors (Lipinski definition) is 0. The molecule has 1 atom stereocenters. The van der Waals surface area contributed by atoms with Crippen LogP contribution in [-0.2, 0) is 14.3 Å². The van der Waals surface area contributed by atoms with Crippen molar-refractivity contribution in [1.29, 1.82) is 0 Å². The summed E-state index contributed by atoms with van der Waals surface area (Å²) in [5.74, 6) is -0.491. The molecule has 0 saturated heterocycles. The summed E-state index contributed by atoms with van der Waals surface area (Å²) in [6.07, 6.45) is 1.67. The second-order valence-corrected chi connectivity index (χ2v) is 1.85. The van der Waals surface area contributed by atoms with Crippen LogP contribution in [0.2, 0.25) is 0 Å². The molecule has 0 aromatic rings. The van der Waals surface area contributed by atoms with Gasteiger partial charge in [-0.1, -0.05) is 6.58 Å². The van der Waals surface area contributed by atoms with Crippen molar-refractivity contribution in [3.05, 3.63) is 12.7 Å². The average Bonchev–Trinajstić information content (AvgIpc) is 1.88. The molecule has 0 aromatic carbocycles. The molecule has 1 unspecified atom stereocenters. The summed E-state index contributed by atoms with van der Waals surface area (Å²) in [6.45, 7) is 4.86. The van der Waals surface area contributed by atoms with Crippen LogP contribution in [0.5, 0.6) is 0 Å². The third-order valence-corrected chi connectivity index (χ3v) is 0.912. The third-order valence-electron chi connectivity index (χ3n) is 0.912. The number of hydrogen-bond acceptors (Lipinski definition) is 3. The molecular formula is C7H11NaO3. The van der Waals surface area contributed by atoms with Gasteiger partial charge in [0.25, 0.3) is 0 Å². The molecule has 0 bridgehead atoms. The van der Waals surface area contributed by atoms with Gasteiger partial charge in [-0.3, -0.25) is 0 Å². The summed E-state index contributed by atoms with van der Waals surface area (Å²) < 4.78 is 4.65. The summed E-state index contributed by atoms with van der Waals surface area (Å²) in [6, 6.07) is 0. The first-order valence-electron chi connectivity index (χ1n) is 2.97. The summed E-state index contributed by atoms with van der Waals surface area (Å²) in [5, 5.41) is 0. The monoisotopic (exact) mass is 166 g/mol. The molecule has 0 spiro atoms. The Labute approximate surface area is 88.1 Å². The Bertz CT molecular complexity index is 145. The van der Waals surface area contributed by atoms with Gasteiger partial charge in [0.05, 0.1) is 0 Å². The molecule has 0 aliphatic carbocycles. The van der Waals surface area contributed by atoms with Crippen molar-refractivity contribution in [3.63, 3.8) is 0 Å². The fourth-order valence-electron chi connectivity index (χ4n) is 0.430. The van der Waals surface area contributed by atoms with E-state index >= 15 is 0 Å². The van der Waals surface area contributed by atoms with Gasteiger partial charge in [-0.25, -0.2) is 4.79 Å². The van der Waals surface area contributed by atoms with Crippen LogP contribution in [0.3, 0.4) is 0 Å². The van der Waals surface area contributed by atoms with E-state index in [-0.39, 0.29) is 42.1 Å². The zero-order valence-electron chi connectivity index (χ0n) is 5.87. The van der Waals surface area contributed by atoms with Crippen LogP contribution >= 0.6 is 0 Å². The van der Waals surface area contributed by atoms with E-state index in [4.69, 9.17) is 0 Å². The van der Waals surface area contributed by atoms with Crippen molar-refractivity contribution in [3.8, 4) is 0 Å². The number of carbonyl (C=O) groups excluding carboxylic acids is 2. The zero-order chi connectivity index (χ0) is 7.98. The van der Waals surface area contributed by atoms with E-state index in [1.807, 2.05) is 0 Å². The molecule has 0 heterocycles. The van der Waals surface area contributed by atoms with Crippen molar-refractivity contribution >= 4 is 41.8 Å². The molecule has 0 rings (SSSR count). The van der Waals surface area contributed by atoms with Gasteiger partial charge in [0, 0.05) is 12.5 Å². The van der Waals surface area contributed by atoms with Crippen LogP contribution in [0.15, 0.2) is 12.7 Å². The fourth-order valence-corrected chi connectivity index (χ4v) is 0.430. The second-order valence-electron chi connectivity index (χ2n) is 1.85. The first-order chi connectivity index (χ1) is 4.70. The van der Waals surface area contributed by atoms with Crippen LogP contribution in [0, 0.1) is 0 Å². The van der Waals surface area contributed by atoms with Gasteiger partial charge in [-0.05, 0) is 6.92 Å². The molecule has 0 aromatic heterocycles. The van der Waals surface area contributed by atoms with E-state index in [0.29, 0.717) is 6.29 Å². The predicted molar refractivity (Wildman–Crippen MR) is 43.6 cm³/mol. The van der Waals surface area contributed by atoms with Crippen molar-refractivity contribution in [2.75, 3.05) is 0 Å². The summed E-state index contributed by atoms with van der Waals surface area (Å²) in [5.41, 5.74) is 0. The summed E-state index contributed by atoms with van der Waals surface area (Å²) in [7, 11) is 0. The standard InChI is InChI=1S/C7H10O3.Na.H/c1-3-7(9)10-6(2)4-5-8;;/h3,5-6H,1,4H2,2H3;;. The Kier molecular flexibility index (Phi) is 9.77. The second kappa shape index (κ2) is 7.98. The third kappa shape index (κ3) is 7.78. The molecule has 0 amide bonds. The predicted octanol–water partition coefficient (Wildman–Crippen LogP) is 0.0446. The minimum atomic E-state index is -0.491. The summed E-state index contributed by atoms with van der Waals surface area (Å²) >= 11 is 0. The van der Waals surface area contributed by atoms with Crippen LogP contribution in [0.25, 0.3) is 0 Å². The van der Waals surface area contributed by atoms with Gasteiger partial charge in [-0.2, -0.15) is 0 Å². The molecule has 58 valence electrons. The molecule has 0 radical (unpaired) electrons. The van der Waals surface area contributed by atoms with Gasteiger partial charge in [0.15, 0.2) is 0 Å². The zero-order valence-corrected chi connectivity index (χ0v) is 5.87. The van der Waals surface area contributed by atoms with E-state index in [9.17, 15) is 9.59 Å². The van der Waals surface area contributed by atoms with Crippen LogP contribution < -0.4 is 0 Å². The quantitative estimate of drug-likeness (QED) is 0.256. The Morgan fingerprint density at radius 2 is 2.27 bits per heavy atom. The first kappa shape index (κ1) is 13.5. The average molecular weight is 166 g/mol. The van der Waals surface area contributed by atoms with Crippen LogP contribution in [0.1, 0.15) is 13.3 Å². The molecule has 0 aliphatic heterocycles. The van der Waals surface area contributed by atoms with Crippen molar-refractivity contribution in [1.82, 2.24) is 0 Å². The summed E-state index contributed by atoms with van der Waals surface area (Å²) in [4.78, 5) is 20.3. The Hall–Kier alpha value is -0.120. The number of ether oxygens (including phenoxy) is 1. The normalized spacial score (nSPS) is 10.6. The topological polar surface area (TPSA) is 43.4 Å². The molecule has 0 saturated carbocycles. The van der Waals surface area contributed by atoms with E-state index in [1.54, 1.807) is 6.92 Å². The Balaban J connectivity index is 0. The first-order valence-corrected chi connectivity index (χ1v) is 2.97. The molecule has 11 heavy (non-hydrogen) atoms. The Morgan fingerprint density at radius 3 is 2.64 bits per heavy atom. The van der Waals surface area contributed by atoms with E-state index in [1.165, 1.54) is 0 Å². The molecule has 0 fully saturated rings. The fraction of sp³-hybridized carbons (Fsp3) is 0.429. The minimum absolute atomic E-state index is 0. The van der Waals surface area contributed by atoms with Gasteiger partial charge in [0.1, 0.15) is 12.4 Å². The van der Waals surface area contributed by atoms with Gasteiger partial charge in [-0.15, -0.1) is 0 Å². The maximum atomic E-state index is 10.4. The number of rotatable bonds is 4. The SMILES string of the molecule is C=CC(=O)OC(C)CC=O.[NaH]. The van der Waals surface area contributed by atoms with Gasteiger partial charge in [0.2, 0.25) is 0 Å². The number of carbonyl (C=O) groups is 2. The van der Waals surface area contributed by atoms with Gasteiger partial charge >= 0.3 is 35.5 Å². The van der Waals surface area contributed by atoms with Crippen molar-refractivity contribution in [2.45, 2.75) is 19.4 Å². The molecule has 0 N–H and O–H groups in total. The molecule has 4 heteroatoms. The maximum absolute atomic E-state index is 10.4. The van der Waals surface area contributed by atoms with E-state index in [0.717, 1.165) is 6.08 Å². The van der Waals surface area contributed by atoms with E-state index in [2.05, 4.69) is 11.3 Å². The molecule has 0 aliphatic rings. The van der Waals surface area contributed by atoms with Gasteiger partial charge < -0.3 is 9.53 Å². The van der Waals surface area contributed by atoms with Crippen LogP contribution in [-0.4, -0.2) is 47.9 Å². The molecule has 3 nitrogen and oxygen atoms in total. The van der Waals surface area contributed by atoms with Crippen molar-refractivity contribution < 1.29 is 14.3 Å². The Morgan fingerprint density at radius 1 is 1.73 bits per heavy atom. The van der Waals surface area contributed by atoms with Crippen LogP contribution in [0.4, 0.5) is 0 Å². The molecular weight excluding hydrogens is 155 g/mol.